The second kappa shape index (κ2) is 5.83. The van der Waals surface area contributed by atoms with Crippen LogP contribution in [-0.4, -0.2) is 42.1 Å². The molecule has 0 spiro atoms. The van der Waals surface area contributed by atoms with E-state index in [1.54, 1.807) is 48.7 Å². The topological polar surface area (TPSA) is 51.7 Å². The molecule has 0 saturated carbocycles. The molecule has 2 heterocycles. The molecule has 21 heavy (non-hydrogen) atoms. The number of carbonyl (C=O) groups is 1. The molecule has 0 N–H and O–H groups in total. The number of methoxy groups -OCH3 is 1. The molecule has 1 aliphatic rings. The number of likely N-dealkylation sites (tertiary alicyclic amines) is 1. The zero-order valence-corrected chi connectivity index (χ0v) is 11.7. The Kier molecular flexibility index (Phi) is 3.73. The fourth-order valence-corrected chi connectivity index (χ4v) is 2.20. The van der Waals surface area contributed by atoms with Crippen molar-refractivity contribution in [3.8, 4) is 11.5 Å². The van der Waals surface area contributed by atoms with Crippen molar-refractivity contribution in [3.63, 3.8) is 0 Å². The van der Waals surface area contributed by atoms with Crippen molar-refractivity contribution in [2.24, 2.45) is 0 Å². The quantitative estimate of drug-likeness (QED) is 0.861. The summed E-state index contributed by atoms with van der Waals surface area (Å²) < 4.78 is 10.8. The summed E-state index contributed by atoms with van der Waals surface area (Å²) >= 11 is 0. The Morgan fingerprint density at radius 2 is 1.95 bits per heavy atom. The summed E-state index contributed by atoms with van der Waals surface area (Å²) in [5.41, 5.74) is 0.663. The Bertz CT molecular complexity index is 607. The van der Waals surface area contributed by atoms with Gasteiger partial charge in [0.1, 0.15) is 17.6 Å². The van der Waals surface area contributed by atoms with Gasteiger partial charge >= 0.3 is 0 Å². The zero-order valence-electron chi connectivity index (χ0n) is 11.7. The van der Waals surface area contributed by atoms with Crippen molar-refractivity contribution in [3.05, 3.63) is 54.4 Å². The Hall–Kier alpha value is -2.56. The Labute approximate surface area is 123 Å². The van der Waals surface area contributed by atoms with Gasteiger partial charge in [-0.25, -0.2) is 0 Å². The summed E-state index contributed by atoms with van der Waals surface area (Å²) in [6.07, 6.45) is 3.41. The molecule has 1 aromatic carbocycles. The van der Waals surface area contributed by atoms with E-state index in [1.807, 2.05) is 12.1 Å². The summed E-state index contributed by atoms with van der Waals surface area (Å²) in [5, 5.41) is 0. The summed E-state index contributed by atoms with van der Waals surface area (Å²) in [6, 6.07) is 10.8. The fourth-order valence-electron chi connectivity index (χ4n) is 2.20. The van der Waals surface area contributed by atoms with Crippen LogP contribution in [0.5, 0.6) is 11.5 Å². The van der Waals surface area contributed by atoms with Gasteiger partial charge in [-0.3, -0.25) is 9.78 Å². The van der Waals surface area contributed by atoms with E-state index in [1.165, 1.54) is 0 Å². The van der Waals surface area contributed by atoms with E-state index in [0.717, 1.165) is 11.5 Å². The lowest BCUT2D eigenvalue weighted by Crippen LogP contribution is -2.56. The van der Waals surface area contributed by atoms with E-state index in [4.69, 9.17) is 9.47 Å². The average molecular weight is 284 g/mol. The highest BCUT2D eigenvalue weighted by Crippen LogP contribution is 2.20. The molecule has 5 heteroatoms. The predicted molar refractivity (Wildman–Crippen MR) is 77.6 cm³/mol. The van der Waals surface area contributed by atoms with Crippen LogP contribution in [0.25, 0.3) is 0 Å². The second-order valence-electron chi connectivity index (χ2n) is 4.87. The molecule has 1 fully saturated rings. The van der Waals surface area contributed by atoms with Crippen LogP contribution in [0.4, 0.5) is 0 Å². The minimum atomic E-state index is 0.0173. The molecular formula is C16H16N2O3. The van der Waals surface area contributed by atoms with Gasteiger partial charge in [0, 0.05) is 11.8 Å². The summed E-state index contributed by atoms with van der Waals surface area (Å²) in [5.74, 6) is 1.50. The number of ether oxygens (including phenoxy) is 2. The van der Waals surface area contributed by atoms with Crippen LogP contribution in [0.15, 0.2) is 48.8 Å². The van der Waals surface area contributed by atoms with Crippen molar-refractivity contribution in [2.75, 3.05) is 20.2 Å². The number of hydrogen-bond acceptors (Lipinski definition) is 4. The van der Waals surface area contributed by atoms with E-state index in [2.05, 4.69) is 4.98 Å². The summed E-state index contributed by atoms with van der Waals surface area (Å²) in [6.45, 7) is 1.19. The van der Waals surface area contributed by atoms with Crippen LogP contribution < -0.4 is 9.47 Å². The molecule has 0 atom stereocenters. The van der Waals surface area contributed by atoms with Crippen molar-refractivity contribution < 1.29 is 14.3 Å². The van der Waals surface area contributed by atoms with Crippen LogP contribution in [0.2, 0.25) is 0 Å². The van der Waals surface area contributed by atoms with E-state index in [9.17, 15) is 4.79 Å². The Morgan fingerprint density at radius 3 is 2.57 bits per heavy atom. The van der Waals surface area contributed by atoms with Gasteiger partial charge in [-0.15, -0.1) is 0 Å². The molecule has 3 rings (SSSR count). The molecule has 0 unspecified atom stereocenters. The van der Waals surface area contributed by atoms with E-state index in [0.29, 0.717) is 18.7 Å². The molecule has 108 valence electrons. The number of hydrogen-bond donors (Lipinski definition) is 0. The van der Waals surface area contributed by atoms with Crippen LogP contribution in [0.3, 0.4) is 0 Å². The van der Waals surface area contributed by atoms with Gasteiger partial charge in [0.05, 0.1) is 26.4 Å². The second-order valence-corrected chi connectivity index (χ2v) is 4.87. The molecular weight excluding hydrogens is 268 g/mol. The molecule has 0 aliphatic carbocycles. The lowest BCUT2D eigenvalue weighted by atomic mass is 10.1. The molecule has 1 aliphatic heterocycles. The summed E-state index contributed by atoms with van der Waals surface area (Å²) in [7, 11) is 1.60. The number of benzene rings is 1. The number of amides is 1. The molecule has 1 aromatic heterocycles. The van der Waals surface area contributed by atoms with Crippen molar-refractivity contribution in [2.45, 2.75) is 6.10 Å². The molecule has 1 amide bonds. The standard InChI is InChI=1S/C16H16N2O3/c1-20-13-6-4-12(5-7-13)16(19)18-10-15(11-18)21-14-3-2-8-17-9-14/h2-9,15H,10-11H2,1H3. The first kappa shape index (κ1) is 13.4. The average Bonchev–Trinajstić information content (AvgIpc) is 2.51. The third-order valence-electron chi connectivity index (χ3n) is 3.41. The molecule has 0 bridgehead atoms. The normalized spacial score (nSPS) is 14.4. The van der Waals surface area contributed by atoms with E-state index < -0.39 is 0 Å². The first-order valence-corrected chi connectivity index (χ1v) is 6.76. The SMILES string of the molecule is COc1ccc(C(=O)N2CC(Oc3cccnc3)C2)cc1. The van der Waals surface area contributed by atoms with Gasteiger partial charge in [0.2, 0.25) is 0 Å². The van der Waals surface area contributed by atoms with Gasteiger partial charge in [-0.05, 0) is 36.4 Å². The maximum atomic E-state index is 12.2. The number of aromatic nitrogens is 1. The molecule has 2 aromatic rings. The summed E-state index contributed by atoms with van der Waals surface area (Å²) in [4.78, 5) is 18.0. The maximum absolute atomic E-state index is 12.2. The third-order valence-corrected chi connectivity index (χ3v) is 3.41. The monoisotopic (exact) mass is 284 g/mol. The maximum Gasteiger partial charge on any atom is 0.254 e. The largest absolute Gasteiger partial charge is 0.497 e. The highest BCUT2D eigenvalue weighted by molar-refractivity contribution is 5.94. The number of nitrogens with zero attached hydrogens (tertiary/aromatic N) is 2. The van der Waals surface area contributed by atoms with Gasteiger partial charge in [0.15, 0.2) is 0 Å². The number of rotatable bonds is 4. The zero-order chi connectivity index (χ0) is 14.7. The van der Waals surface area contributed by atoms with Gasteiger partial charge in [-0.2, -0.15) is 0 Å². The lowest BCUT2D eigenvalue weighted by Gasteiger charge is -2.38. The van der Waals surface area contributed by atoms with Crippen LogP contribution in [-0.2, 0) is 0 Å². The molecule has 0 radical (unpaired) electrons. The van der Waals surface area contributed by atoms with E-state index in [-0.39, 0.29) is 12.0 Å². The van der Waals surface area contributed by atoms with Crippen molar-refractivity contribution in [1.82, 2.24) is 9.88 Å². The van der Waals surface area contributed by atoms with Crippen molar-refractivity contribution in [1.29, 1.82) is 0 Å². The van der Waals surface area contributed by atoms with Gasteiger partial charge in [0.25, 0.3) is 5.91 Å². The molecule has 5 nitrogen and oxygen atoms in total. The minimum Gasteiger partial charge on any atom is -0.497 e. The first-order valence-electron chi connectivity index (χ1n) is 6.76. The van der Waals surface area contributed by atoms with Crippen LogP contribution in [0, 0.1) is 0 Å². The first-order chi connectivity index (χ1) is 10.3. The molecule has 1 saturated heterocycles. The lowest BCUT2D eigenvalue weighted by molar-refractivity contribution is 0.0176. The highest BCUT2D eigenvalue weighted by atomic mass is 16.5. The number of pyridine rings is 1. The Morgan fingerprint density at radius 1 is 1.19 bits per heavy atom. The third kappa shape index (κ3) is 2.97. The Balaban J connectivity index is 1.54. The fraction of sp³-hybridized carbons (Fsp3) is 0.250. The van der Waals surface area contributed by atoms with Gasteiger partial charge in [-0.1, -0.05) is 0 Å². The van der Waals surface area contributed by atoms with Crippen LogP contribution in [0.1, 0.15) is 10.4 Å². The smallest absolute Gasteiger partial charge is 0.254 e. The van der Waals surface area contributed by atoms with Crippen molar-refractivity contribution >= 4 is 5.91 Å². The van der Waals surface area contributed by atoms with E-state index >= 15 is 0 Å². The minimum absolute atomic E-state index is 0.0173. The van der Waals surface area contributed by atoms with Crippen LogP contribution >= 0.6 is 0 Å². The number of carbonyl (C=O) groups excluding carboxylic acids is 1. The highest BCUT2D eigenvalue weighted by Gasteiger charge is 2.32. The predicted octanol–water partition coefficient (Wildman–Crippen LogP) is 1.99. The van der Waals surface area contributed by atoms with Gasteiger partial charge < -0.3 is 14.4 Å².